The second-order valence-electron chi connectivity index (χ2n) is 3.43. The summed E-state index contributed by atoms with van der Waals surface area (Å²) < 4.78 is 0. The van der Waals surface area contributed by atoms with Gasteiger partial charge in [-0.25, -0.2) is 0 Å². The number of piperazine rings is 1. The van der Waals surface area contributed by atoms with Crippen LogP contribution < -0.4 is 5.32 Å². The zero-order valence-electron chi connectivity index (χ0n) is 7.58. The van der Waals surface area contributed by atoms with Gasteiger partial charge in [0.2, 0.25) is 5.91 Å². The fourth-order valence-corrected chi connectivity index (χ4v) is 1.83. The van der Waals surface area contributed by atoms with E-state index in [1.165, 1.54) is 0 Å². The van der Waals surface area contributed by atoms with E-state index in [9.17, 15) is 4.79 Å². The first-order valence-electron chi connectivity index (χ1n) is 4.28. The van der Waals surface area contributed by atoms with Crippen LogP contribution in [0.3, 0.4) is 0 Å². The van der Waals surface area contributed by atoms with E-state index < -0.39 is 0 Å². The Balaban J connectivity index is 2.49. The van der Waals surface area contributed by atoms with E-state index in [-0.39, 0.29) is 5.91 Å². The molecule has 0 bridgehead atoms. The molecule has 0 aliphatic carbocycles. The number of rotatable bonds is 1. The van der Waals surface area contributed by atoms with Gasteiger partial charge in [-0.1, -0.05) is 0 Å². The Hall–Kier alpha value is -0.220. The van der Waals surface area contributed by atoms with Gasteiger partial charge >= 0.3 is 0 Å². The van der Waals surface area contributed by atoms with E-state index in [1.807, 2.05) is 4.90 Å². The lowest BCUT2D eigenvalue weighted by Gasteiger charge is -2.35. The van der Waals surface area contributed by atoms with Gasteiger partial charge in [-0.3, -0.25) is 4.79 Å². The fraction of sp³-hybridized carbons (Fsp3) is 0.875. The molecule has 0 unspecified atom stereocenters. The maximum atomic E-state index is 11.3. The lowest BCUT2D eigenvalue weighted by Crippen LogP contribution is -2.56. The van der Waals surface area contributed by atoms with Crippen LogP contribution in [0.2, 0.25) is 0 Å². The largest absolute Gasteiger partial charge is 0.339 e. The zero-order valence-corrected chi connectivity index (χ0v) is 8.47. The number of thiol groups is 1. The summed E-state index contributed by atoms with van der Waals surface area (Å²) in [4.78, 5) is 13.2. The summed E-state index contributed by atoms with van der Waals surface area (Å²) in [6, 6.07) is 0.801. The van der Waals surface area contributed by atoms with Gasteiger partial charge < -0.3 is 10.2 Å². The van der Waals surface area contributed by atoms with Gasteiger partial charge in [0.1, 0.15) is 0 Å². The van der Waals surface area contributed by atoms with Crippen molar-refractivity contribution < 1.29 is 4.79 Å². The van der Waals surface area contributed by atoms with Crippen LogP contribution in [-0.4, -0.2) is 41.7 Å². The molecule has 1 N–H and O–H groups in total. The van der Waals surface area contributed by atoms with E-state index in [2.05, 4.69) is 31.8 Å². The van der Waals surface area contributed by atoms with Gasteiger partial charge in [0.25, 0.3) is 0 Å². The van der Waals surface area contributed by atoms with Crippen molar-refractivity contribution in [3.05, 3.63) is 0 Å². The predicted molar refractivity (Wildman–Crippen MR) is 52.5 cm³/mol. The van der Waals surface area contributed by atoms with E-state index in [0.29, 0.717) is 17.8 Å². The molecule has 1 aliphatic heterocycles. The molecular weight excluding hydrogens is 172 g/mol. The van der Waals surface area contributed by atoms with Crippen LogP contribution in [0.5, 0.6) is 0 Å². The number of hydrogen-bond acceptors (Lipinski definition) is 3. The van der Waals surface area contributed by atoms with Crippen LogP contribution in [0, 0.1) is 0 Å². The van der Waals surface area contributed by atoms with Gasteiger partial charge in [0, 0.05) is 25.2 Å². The highest BCUT2D eigenvalue weighted by molar-refractivity contribution is 7.81. The second kappa shape index (κ2) is 4.14. The highest BCUT2D eigenvalue weighted by Gasteiger charge is 2.23. The number of carbonyl (C=O) groups is 1. The average Bonchev–Trinajstić information content (AvgIpc) is 2.01. The molecule has 1 rings (SSSR count). The third-order valence-corrected chi connectivity index (χ3v) is 2.32. The maximum Gasteiger partial charge on any atom is 0.232 e. The molecule has 0 aromatic rings. The van der Waals surface area contributed by atoms with Gasteiger partial charge in [0.05, 0.1) is 5.75 Å². The molecule has 0 aromatic carbocycles. The summed E-state index contributed by atoms with van der Waals surface area (Å²) in [6.45, 7) is 5.80. The highest BCUT2D eigenvalue weighted by Crippen LogP contribution is 2.04. The van der Waals surface area contributed by atoms with Gasteiger partial charge in [-0.15, -0.1) is 0 Å². The molecular formula is C8H16N2OS. The van der Waals surface area contributed by atoms with E-state index in [0.717, 1.165) is 13.1 Å². The maximum absolute atomic E-state index is 11.3. The second-order valence-corrected chi connectivity index (χ2v) is 3.74. The van der Waals surface area contributed by atoms with Crippen molar-refractivity contribution in [2.45, 2.75) is 25.9 Å². The average molecular weight is 188 g/mol. The number of hydrogen-bond donors (Lipinski definition) is 2. The topological polar surface area (TPSA) is 32.3 Å². The van der Waals surface area contributed by atoms with Gasteiger partial charge in [-0.2, -0.15) is 12.6 Å². The molecule has 1 fully saturated rings. The summed E-state index contributed by atoms with van der Waals surface area (Å²) in [7, 11) is 0. The minimum atomic E-state index is 0.138. The lowest BCUT2D eigenvalue weighted by molar-refractivity contribution is -0.130. The number of nitrogens with one attached hydrogen (secondary N) is 1. The van der Waals surface area contributed by atoms with E-state index in [1.54, 1.807) is 0 Å². The fourth-order valence-electron chi connectivity index (χ4n) is 1.63. The van der Waals surface area contributed by atoms with Crippen LogP contribution in [0.15, 0.2) is 0 Å². The molecule has 0 saturated carbocycles. The summed E-state index contributed by atoms with van der Waals surface area (Å²) in [6.07, 6.45) is 0. The van der Waals surface area contributed by atoms with Crippen LogP contribution >= 0.6 is 12.6 Å². The van der Waals surface area contributed by atoms with E-state index in [4.69, 9.17) is 0 Å². The Kier molecular flexibility index (Phi) is 3.40. The molecule has 1 heterocycles. The number of carbonyl (C=O) groups excluding carboxylic acids is 1. The van der Waals surface area contributed by atoms with Crippen molar-refractivity contribution in [2.24, 2.45) is 0 Å². The number of amides is 1. The van der Waals surface area contributed by atoms with Crippen LogP contribution in [0.4, 0.5) is 0 Å². The summed E-state index contributed by atoms with van der Waals surface area (Å²) in [5, 5.41) is 3.37. The van der Waals surface area contributed by atoms with Crippen LogP contribution in [0.25, 0.3) is 0 Å². The molecule has 1 aliphatic rings. The Morgan fingerprint density at radius 1 is 1.50 bits per heavy atom. The van der Waals surface area contributed by atoms with Crippen molar-refractivity contribution in [3.63, 3.8) is 0 Å². The summed E-state index contributed by atoms with van der Waals surface area (Å²) >= 11 is 3.97. The molecule has 3 nitrogen and oxygen atoms in total. The van der Waals surface area contributed by atoms with Crippen molar-refractivity contribution in [1.29, 1.82) is 0 Å². The minimum absolute atomic E-state index is 0.138. The molecule has 0 spiro atoms. The monoisotopic (exact) mass is 188 g/mol. The first-order chi connectivity index (χ1) is 5.63. The summed E-state index contributed by atoms with van der Waals surface area (Å²) in [5.41, 5.74) is 0. The summed E-state index contributed by atoms with van der Waals surface area (Å²) in [5.74, 6) is 0.456. The van der Waals surface area contributed by atoms with Crippen molar-refractivity contribution >= 4 is 18.5 Å². The van der Waals surface area contributed by atoms with Crippen molar-refractivity contribution in [1.82, 2.24) is 10.2 Å². The molecule has 0 radical (unpaired) electrons. The van der Waals surface area contributed by atoms with Crippen LogP contribution in [0.1, 0.15) is 13.8 Å². The molecule has 2 atom stereocenters. The van der Waals surface area contributed by atoms with Gasteiger partial charge in [-0.05, 0) is 13.8 Å². The van der Waals surface area contributed by atoms with Crippen molar-refractivity contribution in [2.75, 3.05) is 18.8 Å². The molecule has 1 saturated heterocycles. The Labute approximate surface area is 78.9 Å². The number of nitrogens with zero attached hydrogens (tertiary/aromatic N) is 1. The predicted octanol–water partition coefficient (Wildman–Crippen LogP) is 0.125. The zero-order chi connectivity index (χ0) is 9.14. The quantitative estimate of drug-likeness (QED) is 0.573. The first kappa shape index (κ1) is 9.86. The lowest BCUT2D eigenvalue weighted by atomic mass is 10.1. The minimum Gasteiger partial charge on any atom is -0.339 e. The molecule has 4 heteroatoms. The molecule has 1 amide bonds. The third-order valence-electron chi connectivity index (χ3n) is 2.05. The molecule has 12 heavy (non-hydrogen) atoms. The van der Waals surface area contributed by atoms with E-state index >= 15 is 0 Å². The highest BCUT2D eigenvalue weighted by atomic mass is 32.1. The Morgan fingerprint density at radius 3 is 2.42 bits per heavy atom. The Bertz CT molecular complexity index is 164. The standard InChI is InChI=1S/C8H16N2OS/c1-6-3-10(8(11)5-12)4-7(2)9-6/h6-7,9,12H,3-5H2,1-2H3/t6-,7+. The van der Waals surface area contributed by atoms with Gasteiger partial charge in [0.15, 0.2) is 0 Å². The normalized spacial score (nSPS) is 30.4. The van der Waals surface area contributed by atoms with Crippen LogP contribution in [-0.2, 0) is 4.79 Å². The molecule has 70 valence electrons. The van der Waals surface area contributed by atoms with Crippen molar-refractivity contribution in [3.8, 4) is 0 Å². The first-order valence-corrected chi connectivity index (χ1v) is 4.91. The third kappa shape index (κ3) is 2.38. The smallest absolute Gasteiger partial charge is 0.232 e. The SMILES string of the molecule is C[C@@H]1CN(C(=O)CS)C[C@H](C)N1. The molecule has 0 aromatic heterocycles. The Morgan fingerprint density at radius 2 is 2.00 bits per heavy atom.